The maximum absolute atomic E-state index is 12.2. The first-order valence-electron chi connectivity index (χ1n) is 5.86. The number of ether oxygens (including phenoxy) is 1. The number of halogens is 2. The Bertz CT molecular complexity index is 300. The van der Waals surface area contributed by atoms with Crippen molar-refractivity contribution in [3.8, 4) is 0 Å². The molecule has 2 fully saturated rings. The van der Waals surface area contributed by atoms with E-state index in [1.807, 2.05) is 19.0 Å². The van der Waals surface area contributed by atoms with Crippen molar-refractivity contribution >= 4 is 5.91 Å². The van der Waals surface area contributed by atoms with Crippen LogP contribution < -0.4 is 0 Å². The largest absolute Gasteiger partial charge is 0.345 e. The van der Waals surface area contributed by atoms with E-state index in [1.165, 1.54) is 0 Å². The number of likely N-dealkylation sites (N-methyl/N-ethyl adjacent to an activating group) is 1. The highest BCUT2D eigenvalue weighted by atomic mass is 19.3. The maximum Gasteiger partial charge on any atom is 0.345 e. The average molecular weight is 248 g/mol. The number of amides is 1. The normalized spacial score (nSPS) is 23.8. The SMILES string of the molecule is CN(C)C1(C(=O)N2CC(OC(F)F)C2)CCC1. The van der Waals surface area contributed by atoms with Crippen LogP contribution in [0.2, 0.25) is 0 Å². The van der Waals surface area contributed by atoms with Crippen molar-refractivity contribution in [1.29, 1.82) is 0 Å². The molecule has 17 heavy (non-hydrogen) atoms. The lowest BCUT2D eigenvalue weighted by Crippen LogP contribution is -2.67. The van der Waals surface area contributed by atoms with E-state index < -0.39 is 18.3 Å². The molecule has 0 radical (unpaired) electrons. The Morgan fingerprint density at radius 3 is 2.35 bits per heavy atom. The number of rotatable bonds is 4. The van der Waals surface area contributed by atoms with Crippen LogP contribution in [0.4, 0.5) is 8.78 Å². The number of carbonyl (C=O) groups is 1. The molecule has 4 nitrogen and oxygen atoms in total. The van der Waals surface area contributed by atoms with Crippen LogP contribution in [0, 0.1) is 0 Å². The zero-order valence-corrected chi connectivity index (χ0v) is 10.2. The predicted octanol–water partition coefficient (Wildman–Crippen LogP) is 0.921. The fraction of sp³-hybridized carbons (Fsp3) is 0.909. The van der Waals surface area contributed by atoms with Crippen molar-refractivity contribution in [2.75, 3.05) is 27.2 Å². The highest BCUT2D eigenvalue weighted by Crippen LogP contribution is 2.38. The zero-order chi connectivity index (χ0) is 12.6. The molecule has 1 saturated carbocycles. The van der Waals surface area contributed by atoms with Gasteiger partial charge in [-0.2, -0.15) is 8.78 Å². The second-order valence-electron chi connectivity index (χ2n) is 5.01. The van der Waals surface area contributed by atoms with E-state index in [9.17, 15) is 13.6 Å². The van der Waals surface area contributed by atoms with Gasteiger partial charge in [0.05, 0.1) is 6.10 Å². The van der Waals surface area contributed by atoms with Crippen molar-refractivity contribution in [1.82, 2.24) is 9.80 Å². The highest BCUT2D eigenvalue weighted by Gasteiger charge is 2.50. The van der Waals surface area contributed by atoms with Crippen LogP contribution in [0.15, 0.2) is 0 Å². The van der Waals surface area contributed by atoms with Gasteiger partial charge in [0, 0.05) is 13.1 Å². The van der Waals surface area contributed by atoms with Gasteiger partial charge in [0.15, 0.2) is 0 Å². The molecule has 98 valence electrons. The summed E-state index contributed by atoms with van der Waals surface area (Å²) in [4.78, 5) is 15.8. The molecule has 1 amide bonds. The van der Waals surface area contributed by atoms with Crippen LogP contribution in [0.1, 0.15) is 19.3 Å². The molecule has 6 heteroatoms. The van der Waals surface area contributed by atoms with Gasteiger partial charge in [-0.15, -0.1) is 0 Å². The van der Waals surface area contributed by atoms with Crippen molar-refractivity contribution in [3.05, 3.63) is 0 Å². The second-order valence-corrected chi connectivity index (χ2v) is 5.01. The van der Waals surface area contributed by atoms with Crippen molar-refractivity contribution in [2.24, 2.45) is 0 Å². The molecular weight excluding hydrogens is 230 g/mol. The molecule has 0 unspecified atom stereocenters. The molecule has 2 rings (SSSR count). The minimum Gasteiger partial charge on any atom is -0.336 e. The Hall–Kier alpha value is -0.750. The molecule has 1 aliphatic heterocycles. The Labute approximate surface area is 99.5 Å². The van der Waals surface area contributed by atoms with Gasteiger partial charge in [-0.1, -0.05) is 0 Å². The number of carbonyl (C=O) groups excluding carboxylic acids is 1. The van der Waals surface area contributed by atoms with E-state index in [1.54, 1.807) is 4.90 Å². The summed E-state index contributed by atoms with van der Waals surface area (Å²) >= 11 is 0. The Balaban J connectivity index is 1.86. The summed E-state index contributed by atoms with van der Waals surface area (Å²) in [7, 11) is 3.79. The van der Waals surface area contributed by atoms with E-state index in [0.717, 1.165) is 19.3 Å². The summed E-state index contributed by atoms with van der Waals surface area (Å²) in [5.41, 5.74) is -0.393. The van der Waals surface area contributed by atoms with Crippen LogP contribution in [0.25, 0.3) is 0 Å². The minimum atomic E-state index is -2.75. The van der Waals surface area contributed by atoms with Gasteiger partial charge < -0.3 is 9.64 Å². The number of hydrogen-bond acceptors (Lipinski definition) is 3. The van der Waals surface area contributed by atoms with Crippen molar-refractivity contribution in [3.63, 3.8) is 0 Å². The van der Waals surface area contributed by atoms with Gasteiger partial charge in [0.1, 0.15) is 5.54 Å². The third-order valence-corrected chi connectivity index (χ3v) is 3.87. The van der Waals surface area contributed by atoms with Gasteiger partial charge in [0.25, 0.3) is 0 Å². The average Bonchev–Trinajstić information content (AvgIpc) is 2.06. The van der Waals surface area contributed by atoms with Crippen LogP contribution in [0.5, 0.6) is 0 Å². The lowest BCUT2D eigenvalue weighted by Gasteiger charge is -2.51. The predicted molar refractivity (Wildman–Crippen MR) is 57.7 cm³/mol. The smallest absolute Gasteiger partial charge is 0.336 e. The first-order chi connectivity index (χ1) is 7.95. The molecule has 0 N–H and O–H groups in total. The summed E-state index contributed by atoms with van der Waals surface area (Å²) < 4.78 is 28.2. The van der Waals surface area contributed by atoms with Crippen LogP contribution in [-0.4, -0.2) is 61.1 Å². The molecule has 0 aromatic heterocycles. The number of nitrogens with zero attached hydrogens (tertiary/aromatic N) is 2. The Kier molecular flexibility index (Phi) is 3.36. The number of likely N-dealkylation sites (tertiary alicyclic amines) is 1. The van der Waals surface area contributed by atoms with Gasteiger partial charge in [0.2, 0.25) is 5.91 Å². The molecule has 1 aliphatic carbocycles. The van der Waals surface area contributed by atoms with E-state index in [-0.39, 0.29) is 5.91 Å². The summed E-state index contributed by atoms with van der Waals surface area (Å²) in [6, 6.07) is 0. The fourth-order valence-corrected chi connectivity index (χ4v) is 2.49. The van der Waals surface area contributed by atoms with Gasteiger partial charge in [-0.25, -0.2) is 0 Å². The molecular formula is C11H18F2N2O2. The van der Waals surface area contributed by atoms with Gasteiger partial charge in [-0.05, 0) is 33.4 Å². The number of hydrogen-bond donors (Lipinski definition) is 0. The standard InChI is InChI=1S/C11H18F2N2O2/c1-14(2)11(4-3-5-11)9(16)15-6-8(7-15)17-10(12)13/h8,10H,3-7H2,1-2H3. The lowest BCUT2D eigenvalue weighted by molar-refractivity contribution is -0.204. The Morgan fingerprint density at radius 1 is 1.41 bits per heavy atom. The molecule has 2 aliphatic rings. The van der Waals surface area contributed by atoms with E-state index in [4.69, 9.17) is 0 Å². The lowest BCUT2D eigenvalue weighted by atomic mass is 9.74. The topological polar surface area (TPSA) is 32.8 Å². The molecule has 1 saturated heterocycles. The molecule has 0 aromatic rings. The summed E-state index contributed by atoms with van der Waals surface area (Å²) in [6.07, 6.45) is 2.26. The summed E-state index contributed by atoms with van der Waals surface area (Å²) in [5.74, 6) is 0.0582. The van der Waals surface area contributed by atoms with Gasteiger partial charge in [-0.3, -0.25) is 9.69 Å². The molecule has 0 atom stereocenters. The zero-order valence-electron chi connectivity index (χ0n) is 10.2. The van der Waals surface area contributed by atoms with Crippen LogP contribution in [0.3, 0.4) is 0 Å². The molecule has 1 heterocycles. The van der Waals surface area contributed by atoms with E-state index in [0.29, 0.717) is 13.1 Å². The third kappa shape index (κ3) is 2.15. The molecule has 0 bridgehead atoms. The molecule has 0 aromatic carbocycles. The quantitative estimate of drug-likeness (QED) is 0.741. The van der Waals surface area contributed by atoms with Crippen LogP contribution >= 0.6 is 0 Å². The minimum absolute atomic E-state index is 0.0582. The maximum atomic E-state index is 12.2. The first kappa shape index (κ1) is 12.7. The fourth-order valence-electron chi connectivity index (χ4n) is 2.49. The molecule has 0 spiro atoms. The summed E-state index contributed by atoms with van der Waals surface area (Å²) in [5, 5.41) is 0. The van der Waals surface area contributed by atoms with Crippen molar-refractivity contribution < 1.29 is 18.3 Å². The Morgan fingerprint density at radius 2 is 2.00 bits per heavy atom. The third-order valence-electron chi connectivity index (χ3n) is 3.87. The monoisotopic (exact) mass is 248 g/mol. The van der Waals surface area contributed by atoms with Crippen molar-refractivity contribution in [2.45, 2.75) is 37.5 Å². The van der Waals surface area contributed by atoms with Gasteiger partial charge >= 0.3 is 6.61 Å². The summed E-state index contributed by atoms with van der Waals surface area (Å²) in [6.45, 7) is -2.17. The van der Waals surface area contributed by atoms with E-state index >= 15 is 0 Å². The second kappa shape index (κ2) is 4.49. The highest BCUT2D eigenvalue weighted by molar-refractivity contribution is 5.88. The first-order valence-corrected chi connectivity index (χ1v) is 5.86. The van der Waals surface area contributed by atoms with E-state index in [2.05, 4.69) is 4.74 Å². The van der Waals surface area contributed by atoms with Crippen LogP contribution in [-0.2, 0) is 9.53 Å². The number of alkyl halides is 2.